The number of likely N-dealkylation sites (tertiary alicyclic amines) is 2. The average molecular weight is 700 g/mol. The minimum atomic E-state index is -0.978. The fourth-order valence-electron chi connectivity index (χ4n) is 7.63. The maximum absolute atomic E-state index is 14.0. The Morgan fingerprint density at radius 1 is 0.833 bits per heavy atom. The summed E-state index contributed by atoms with van der Waals surface area (Å²) < 4.78 is 6.03. The normalized spacial score (nSPS) is 21.1. The van der Waals surface area contributed by atoms with Crippen LogP contribution in [0.3, 0.4) is 0 Å². The molecule has 260 valence electrons. The summed E-state index contributed by atoms with van der Waals surface area (Å²) in [7, 11) is 0. The van der Waals surface area contributed by atoms with Gasteiger partial charge < -0.3 is 24.8 Å². The van der Waals surface area contributed by atoms with Gasteiger partial charge in [0.1, 0.15) is 0 Å². The van der Waals surface area contributed by atoms with E-state index in [1.807, 2.05) is 40.1 Å². The molecular formula is C36H48Cl2N6O4. The van der Waals surface area contributed by atoms with Crippen molar-refractivity contribution in [1.29, 1.82) is 0 Å². The zero-order valence-electron chi connectivity index (χ0n) is 28.1. The zero-order chi connectivity index (χ0) is 33.8. The molecule has 1 N–H and O–H groups in total. The van der Waals surface area contributed by atoms with Gasteiger partial charge in [0, 0.05) is 89.1 Å². The van der Waals surface area contributed by atoms with E-state index in [1.54, 1.807) is 17.0 Å². The van der Waals surface area contributed by atoms with Crippen molar-refractivity contribution in [2.24, 2.45) is 0 Å². The first-order chi connectivity index (χ1) is 23.2. The van der Waals surface area contributed by atoms with Gasteiger partial charge in [0.2, 0.25) is 0 Å². The number of hydrogen-bond donors (Lipinski definition) is 1. The number of nitrogens with one attached hydrogen (secondary N) is 1. The summed E-state index contributed by atoms with van der Waals surface area (Å²) in [4.78, 5) is 51.2. The number of fused-ring (bicyclic) bond motifs is 1. The first kappa shape index (κ1) is 34.8. The van der Waals surface area contributed by atoms with Gasteiger partial charge in [-0.1, -0.05) is 47.5 Å². The van der Waals surface area contributed by atoms with Gasteiger partial charge in [0.05, 0.1) is 10.0 Å². The topological polar surface area (TPSA) is 88.7 Å². The number of piperazine rings is 1. The molecule has 0 aromatic heterocycles. The van der Waals surface area contributed by atoms with E-state index >= 15 is 0 Å². The third kappa shape index (κ3) is 8.21. The van der Waals surface area contributed by atoms with Gasteiger partial charge in [0.15, 0.2) is 6.10 Å². The molecule has 4 aliphatic heterocycles. The highest BCUT2D eigenvalue weighted by Crippen LogP contribution is 2.27. The van der Waals surface area contributed by atoms with Gasteiger partial charge in [-0.25, -0.2) is 9.59 Å². The predicted molar refractivity (Wildman–Crippen MR) is 189 cm³/mol. The van der Waals surface area contributed by atoms with E-state index in [1.165, 1.54) is 0 Å². The minimum Gasteiger partial charge on any atom is -0.436 e. The lowest BCUT2D eigenvalue weighted by Crippen LogP contribution is -2.56. The van der Waals surface area contributed by atoms with E-state index < -0.39 is 12.2 Å². The van der Waals surface area contributed by atoms with Gasteiger partial charge in [-0.2, -0.15) is 0 Å². The summed E-state index contributed by atoms with van der Waals surface area (Å²) in [5, 5.41) is 3.88. The Balaban J connectivity index is 1.05. The lowest BCUT2D eigenvalue weighted by Gasteiger charge is -2.44. The SMILES string of the molecule is CC(C)N1CCN(C2CCN(C(=O)[C@@H](Cc3ccc(Cl)c(Cl)c3)OC(=O)N3CCC(N4CCc5ccccc5NC4=O)CC3)CC2)CC1. The van der Waals surface area contributed by atoms with Crippen molar-refractivity contribution in [3.63, 3.8) is 0 Å². The van der Waals surface area contributed by atoms with Crippen molar-refractivity contribution in [3.8, 4) is 0 Å². The molecule has 4 aliphatic rings. The number of halogens is 2. The number of para-hydroxylation sites is 1. The molecule has 0 radical (unpaired) electrons. The summed E-state index contributed by atoms with van der Waals surface area (Å²) >= 11 is 12.5. The maximum Gasteiger partial charge on any atom is 0.410 e. The molecule has 48 heavy (non-hydrogen) atoms. The second-order valence-electron chi connectivity index (χ2n) is 13.8. The molecule has 0 saturated carbocycles. The number of benzene rings is 2. The predicted octanol–water partition coefficient (Wildman–Crippen LogP) is 5.61. The van der Waals surface area contributed by atoms with Crippen LogP contribution in [-0.2, 0) is 22.4 Å². The summed E-state index contributed by atoms with van der Waals surface area (Å²) in [6, 6.07) is 14.1. The van der Waals surface area contributed by atoms with Crippen molar-refractivity contribution in [1.82, 2.24) is 24.5 Å². The third-order valence-electron chi connectivity index (χ3n) is 10.6. The number of nitrogens with zero attached hydrogens (tertiary/aromatic N) is 5. The molecule has 3 saturated heterocycles. The number of amides is 4. The van der Waals surface area contributed by atoms with Crippen LogP contribution in [-0.4, -0.2) is 126 Å². The van der Waals surface area contributed by atoms with Crippen LogP contribution in [0.5, 0.6) is 0 Å². The molecule has 3 fully saturated rings. The van der Waals surface area contributed by atoms with Crippen LogP contribution in [0.15, 0.2) is 42.5 Å². The van der Waals surface area contributed by atoms with Crippen LogP contribution in [0.2, 0.25) is 10.0 Å². The number of piperidine rings is 2. The molecule has 1 atom stereocenters. The molecule has 0 spiro atoms. The first-order valence-corrected chi connectivity index (χ1v) is 18.2. The second-order valence-corrected chi connectivity index (χ2v) is 14.6. The molecule has 6 rings (SSSR count). The third-order valence-corrected chi connectivity index (χ3v) is 11.3. The largest absolute Gasteiger partial charge is 0.436 e. The van der Waals surface area contributed by atoms with Crippen LogP contribution in [0, 0.1) is 0 Å². The number of carbonyl (C=O) groups is 3. The number of rotatable bonds is 7. The van der Waals surface area contributed by atoms with E-state index in [9.17, 15) is 14.4 Å². The van der Waals surface area contributed by atoms with Crippen LogP contribution >= 0.6 is 23.2 Å². The smallest absolute Gasteiger partial charge is 0.410 e. The minimum absolute atomic E-state index is 0.0200. The summed E-state index contributed by atoms with van der Waals surface area (Å²) in [5.41, 5.74) is 2.76. The Bertz CT molecular complexity index is 1450. The van der Waals surface area contributed by atoms with Crippen LogP contribution < -0.4 is 5.32 Å². The molecule has 10 nitrogen and oxygen atoms in total. The fraction of sp³-hybridized carbons (Fsp3) is 0.583. The number of urea groups is 1. The van der Waals surface area contributed by atoms with E-state index in [2.05, 4.69) is 29.0 Å². The van der Waals surface area contributed by atoms with E-state index in [-0.39, 0.29) is 24.4 Å². The quantitative estimate of drug-likeness (QED) is 0.405. The van der Waals surface area contributed by atoms with E-state index in [0.29, 0.717) is 67.7 Å². The molecule has 12 heteroatoms. The molecule has 4 amide bonds. The van der Waals surface area contributed by atoms with Crippen molar-refractivity contribution in [2.75, 3.05) is 64.2 Å². The van der Waals surface area contributed by atoms with Gasteiger partial charge >= 0.3 is 12.1 Å². The van der Waals surface area contributed by atoms with Crippen LogP contribution in [0.1, 0.15) is 50.7 Å². The summed E-state index contributed by atoms with van der Waals surface area (Å²) in [6.07, 6.45) is 2.61. The summed E-state index contributed by atoms with van der Waals surface area (Å²) in [5.74, 6) is -0.173. The highest BCUT2D eigenvalue weighted by molar-refractivity contribution is 6.42. The second kappa shape index (κ2) is 15.7. The molecule has 0 bridgehead atoms. The highest BCUT2D eigenvalue weighted by Gasteiger charge is 2.36. The van der Waals surface area contributed by atoms with Gasteiger partial charge in [-0.3, -0.25) is 14.6 Å². The van der Waals surface area contributed by atoms with Crippen molar-refractivity contribution in [2.45, 2.75) is 76.6 Å². The van der Waals surface area contributed by atoms with Crippen molar-refractivity contribution >= 4 is 46.9 Å². The van der Waals surface area contributed by atoms with Crippen LogP contribution in [0.4, 0.5) is 15.3 Å². The molecule has 2 aromatic carbocycles. The first-order valence-electron chi connectivity index (χ1n) is 17.5. The Hall–Kier alpha value is -3.05. The average Bonchev–Trinajstić information content (AvgIpc) is 3.27. The Kier molecular flexibility index (Phi) is 11.4. The highest BCUT2D eigenvalue weighted by atomic mass is 35.5. The number of carbonyl (C=O) groups excluding carboxylic acids is 3. The Labute approximate surface area is 294 Å². The lowest BCUT2D eigenvalue weighted by molar-refractivity contribution is -0.142. The van der Waals surface area contributed by atoms with Gasteiger partial charge in [-0.15, -0.1) is 0 Å². The number of hydrogen-bond acceptors (Lipinski definition) is 6. The molecule has 0 unspecified atom stereocenters. The Morgan fingerprint density at radius 2 is 1.50 bits per heavy atom. The zero-order valence-corrected chi connectivity index (χ0v) is 29.6. The molecule has 0 aliphatic carbocycles. The van der Waals surface area contributed by atoms with Crippen molar-refractivity contribution in [3.05, 3.63) is 63.6 Å². The number of anilines is 1. The van der Waals surface area contributed by atoms with Crippen molar-refractivity contribution < 1.29 is 19.1 Å². The molecular weight excluding hydrogens is 651 g/mol. The van der Waals surface area contributed by atoms with Gasteiger partial charge in [0.25, 0.3) is 5.91 Å². The molecule has 4 heterocycles. The fourth-order valence-corrected chi connectivity index (χ4v) is 7.95. The number of ether oxygens (including phenoxy) is 1. The maximum atomic E-state index is 14.0. The van der Waals surface area contributed by atoms with E-state index in [4.69, 9.17) is 27.9 Å². The lowest BCUT2D eigenvalue weighted by atomic mass is 10.00. The van der Waals surface area contributed by atoms with Gasteiger partial charge in [-0.05, 0) is 75.3 Å². The molecule has 2 aromatic rings. The standard InChI is InChI=1S/C36H48Cl2N6O4/c1-25(2)40-19-21-41(22-20-40)28-10-14-42(15-11-28)34(45)33(24-26-7-8-30(37)31(38)23-26)48-36(47)43-16-12-29(13-17-43)44-18-9-27-5-3-4-6-32(27)39-35(44)46/h3-8,23,25,28-29,33H,9-22,24H2,1-2H3,(H,39,46)/t33-/m1/s1. The van der Waals surface area contributed by atoms with E-state index in [0.717, 1.165) is 62.3 Å². The van der Waals surface area contributed by atoms with Crippen LogP contribution in [0.25, 0.3) is 0 Å². The summed E-state index contributed by atoms with van der Waals surface area (Å²) in [6.45, 7) is 11.6. The monoisotopic (exact) mass is 698 g/mol. The Morgan fingerprint density at radius 3 is 2.19 bits per heavy atom.